The highest BCUT2D eigenvalue weighted by Crippen LogP contribution is 2.26. The van der Waals surface area contributed by atoms with Crippen molar-refractivity contribution in [3.63, 3.8) is 0 Å². The average molecular weight is 504 g/mol. The number of para-hydroxylation sites is 2. The predicted molar refractivity (Wildman–Crippen MR) is 145 cm³/mol. The fraction of sp³-hybridized carbons (Fsp3) is 0.310. The molecule has 1 N–H and O–H groups in total. The second-order valence-corrected chi connectivity index (χ2v) is 9.54. The number of carboxylic acids is 1. The van der Waals surface area contributed by atoms with Gasteiger partial charge in [0.15, 0.2) is 11.2 Å². The molecular formula is C29H33N3O5. The molecule has 0 saturated carbocycles. The first-order valence-electron chi connectivity index (χ1n) is 12.2. The summed E-state index contributed by atoms with van der Waals surface area (Å²) < 4.78 is 17.8. The van der Waals surface area contributed by atoms with Gasteiger partial charge in [-0.25, -0.2) is 4.79 Å². The highest BCUT2D eigenvalue weighted by molar-refractivity contribution is 5.77. The van der Waals surface area contributed by atoms with Gasteiger partial charge in [-0.3, -0.25) is 0 Å². The molecule has 0 bridgehead atoms. The maximum atomic E-state index is 11.5. The lowest BCUT2D eigenvalue weighted by Gasteiger charge is -2.23. The van der Waals surface area contributed by atoms with Crippen LogP contribution in [-0.2, 0) is 11.3 Å². The molecule has 1 aromatic heterocycles. The van der Waals surface area contributed by atoms with E-state index in [4.69, 9.17) is 13.9 Å². The molecule has 0 aliphatic carbocycles. The van der Waals surface area contributed by atoms with Crippen LogP contribution in [-0.4, -0.2) is 48.9 Å². The Labute approximate surface area is 217 Å². The van der Waals surface area contributed by atoms with Crippen molar-refractivity contribution >= 4 is 28.8 Å². The monoisotopic (exact) mass is 503 g/mol. The number of rotatable bonds is 12. The summed E-state index contributed by atoms with van der Waals surface area (Å²) in [5, 5.41) is 9.41. The predicted octanol–water partition coefficient (Wildman–Crippen LogP) is 5.61. The SMILES string of the molecule is CN(C)c1cccc(OCCCN(Cc2cccc(OC(C)(C)C(=O)O)c2)c2nc3ccccc3o2)c1. The van der Waals surface area contributed by atoms with E-state index in [0.717, 1.165) is 34.5 Å². The van der Waals surface area contributed by atoms with E-state index in [-0.39, 0.29) is 0 Å². The van der Waals surface area contributed by atoms with E-state index in [0.29, 0.717) is 31.5 Å². The Bertz CT molecular complexity index is 1320. The molecule has 0 spiro atoms. The van der Waals surface area contributed by atoms with E-state index >= 15 is 0 Å². The van der Waals surface area contributed by atoms with Gasteiger partial charge >= 0.3 is 5.97 Å². The smallest absolute Gasteiger partial charge is 0.347 e. The van der Waals surface area contributed by atoms with Crippen LogP contribution in [0, 0.1) is 0 Å². The molecule has 0 unspecified atom stereocenters. The minimum atomic E-state index is -1.33. The molecule has 8 heteroatoms. The molecule has 4 aromatic rings. The highest BCUT2D eigenvalue weighted by atomic mass is 16.5. The number of carbonyl (C=O) groups is 1. The lowest BCUT2D eigenvalue weighted by Crippen LogP contribution is -2.37. The standard InChI is InChI=1S/C29H33N3O5/c1-29(2,27(33)34)37-24-13-7-10-21(18-24)20-32(28-30-25-14-5-6-15-26(25)36-28)16-9-17-35-23-12-8-11-22(19-23)31(3)4/h5-8,10-15,18-19H,9,16-17,20H2,1-4H3,(H,33,34). The van der Waals surface area contributed by atoms with Crippen LogP contribution in [0.1, 0.15) is 25.8 Å². The molecule has 4 rings (SSSR count). The van der Waals surface area contributed by atoms with Crippen molar-refractivity contribution in [3.8, 4) is 11.5 Å². The number of hydrogen-bond acceptors (Lipinski definition) is 7. The summed E-state index contributed by atoms with van der Waals surface area (Å²) in [7, 11) is 4.00. The number of aliphatic carboxylic acids is 1. The van der Waals surface area contributed by atoms with E-state index in [1.54, 1.807) is 6.07 Å². The Kier molecular flexibility index (Phi) is 7.86. The third-order valence-corrected chi connectivity index (χ3v) is 5.89. The van der Waals surface area contributed by atoms with Gasteiger partial charge in [-0.05, 0) is 62.2 Å². The van der Waals surface area contributed by atoms with Crippen LogP contribution in [0.5, 0.6) is 11.5 Å². The quantitative estimate of drug-likeness (QED) is 0.250. The fourth-order valence-corrected chi connectivity index (χ4v) is 3.80. The first kappa shape index (κ1) is 25.9. The van der Waals surface area contributed by atoms with Crippen LogP contribution in [0.25, 0.3) is 11.1 Å². The summed E-state index contributed by atoms with van der Waals surface area (Å²) in [4.78, 5) is 20.3. The number of oxazole rings is 1. The number of fused-ring (bicyclic) bond motifs is 1. The largest absolute Gasteiger partial charge is 0.493 e. The van der Waals surface area contributed by atoms with Gasteiger partial charge in [0.05, 0.1) is 6.61 Å². The van der Waals surface area contributed by atoms with Crippen LogP contribution in [0.15, 0.2) is 77.2 Å². The third kappa shape index (κ3) is 6.73. The first-order valence-corrected chi connectivity index (χ1v) is 12.2. The van der Waals surface area contributed by atoms with Gasteiger partial charge in [0.1, 0.15) is 17.0 Å². The Hall–Kier alpha value is -4.20. The van der Waals surface area contributed by atoms with E-state index in [2.05, 4.69) is 9.88 Å². The molecule has 37 heavy (non-hydrogen) atoms. The Morgan fingerprint density at radius 3 is 2.51 bits per heavy atom. The van der Waals surface area contributed by atoms with Crippen molar-refractivity contribution in [1.82, 2.24) is 4.98 Å². The number of anilines is 2. The number of carboxylic acid groups (broad SMARTS) is 1. The molecule has 3 aromatic carbocycles. The zero-order chi connectivity index (χ0) is 26.4. The van der Waals surface area contributed by atoms with Crippen LogP contribution < -0.4 is 19.3 Å². The van der Waals surface area contributed by atoms with Crippen molar-refractivity contribution < 1.29 is 23.8 Å². The van der Waals surface area contributed by atoms with Gasteiger partial charge in [0.25, 0.3) is 6.01 Å². The topological polar surface area (TPSA) is 88.3 Å². The Morgan fingerprint density at radius 1 is 1.00 bits per heavy atom. The average Bonchev–Trinajstić information content (AvgIpc) is 3.30. The zero-order valence-electron chi connectivity index (χ0n) is 21.7. The molecule has 8 nitrogen and oxygen atoms in total. The van der Waals surface area contributed by atoms with Gasteiger partial charge in [-0.1, -0.05) is 30.3 Å². The van der Waals surface area contributed by atoms with Crippen molar-refractivity contribution in [2.24, 2.45) is 0 Å². The highest BCUT2D eigenvalue weighted by Gasteiger charge is 2.29. The van der Waals surface area contributed by atoms with Gasteiger partial charge in [0.2, 0.25) is 0 Å². The molecule has 0 atom stereocenters. The molecule has 0 fully saturated rings. The molecule has 0 saturated heterocycles. The second-order valence-electron chi connectivity index (χ2n) is 9.54. The van der Waals surface area contributed by atoms with E-state index in [1.165, 1.54) is 13.8 Å². The Balaban J connectivity index is 1.48. The zero-order valence-corrected chi connectivity index (χ0v) is 21.7. The number of ether oxygens (including phenoxy) is 2. The molecule has 0 radical (unpaired) electrons. The second kappa shape index (κ2) is 11.2. The van der Waals surface area contributed by atoms with Crippen molar-refractivity contribution in [3.05, 3.63) is 78.4 Å². The molecule has 0 aliphatic heterocycles. The number of hydrogen-bond donors (Lipinski definition) is 1. The van der Waals surface area contributed by atoms with Crippen molar-refractivity contribution in [2.45, 2.75) is 32.4 Å². The van der Waals surface area contributed by atoms with Crippen LogP contribution in [0.2, 0.25) is 0 Å². The first-order chi connectivity index (χ1) is 17.7. The van der Waals surface area contributed by atoms with Gasteiger partial charge in [-0.15, -0.1) is 0 Å². The maximum Gasteiger partial charge on any atom is 0.347 e. The van der Waals surface area contributed by atoms with Crippen LogP contribution in [0.3, 0.4) is 0 Å². The molecular weight excluding hydrogens is 470 g/mol. The molecule has 1 heterocycles. The van der Waals surface area contributed by atoms with Crippen molar-refractivity contribution in [1.29, 1.82) is 0 Å². The minimum absolute atomic E-state index is 0.492. The van der Waals surface area contributed by atoms with Crippen molar-refractivity contribution in [2.75, 3.05) is 37.0 Å². The molecule has 0 aliphatic rings. The number of nitrogens with zero attached hydrogens (tertiary/aromatic N) is 3. The summed E-state index contributed by atoms with van der Waals surface area (Å²) in [5.41, 5.74) is 2.21. The fourth-order valence-electron chi connectivity index (χ4n) is 3.80. The number of benzene rings is 3. The van der Waals surface area contributed by atoms with Crippen LogP contribution >= 0.6 is 0 Å². The van der Waals surface area contributed by atoms with E-state index in [1.807, 2.05) is 85.7 Å². The third-order valence-electron chi connectivity index (χ3n) is 5.89. The summed E-state index contributed by atoms with van der Waals surface area (Å²) in [6, 6.07) is 23.6. The van der Waals surface area contributed by atoms with Gasteiger partial charge in [-0.2, -0.15) is 4.98 Å². The summed E-state index contributed by atoms with van der Waals surface area (Å²) >= 11 is 0. The molecule has 194 valence electrons. The molecule has 0 amide bonds. The lowest BCUT2D eigenvalue weighted by atomic mass is 10.1. The maximum absolute atomic E-state index is 11.5. The van der Waals surface area contributed by atoms with E-state index < -0.39 is 11.6 Å². The minimum Gasteiger partial charge on any atom is -0.493 e. The Morgan fingerprint density at radius 2 is 1.76 bits per heavy atom. The summed E-state index contributed by atoms with van der Waals surface area (Å²) in [6.07, 6.45) is 0.743. The van der Waals surface area contributed by atoms with E-state index in [9.17, 15) is 9.90 Å². The van der Waals surface area contributed by atoms with Gasteiger partial charge in [0, 0.05) is 38.9 Å². The number of aromatic nitrogens is 1. The summed E-state index contributed by atoms with van der Waals surface area (Å²) in [6.45, 7) is 4.74. The normalized spacial score (nSPS) is 11.4. The van der Waals surface area contributed by atoms with Crippen LogP contribution in [0.4, 0.5) is 11.7 Å². The lowest BCUT2D eigenvalue weighted by molar-refractivity contribution is -0.152. The summed E-state index contributed by atoms with van der Waals surface area (Å²) in [5.74, 6) is 0.291. The van der Waals surface area contributed by atoms with Gasteiger partial charge < -0.3 is 28.8 Å².